The van der Waals surface area contributed by atoms with Gasteiger partial charge < -0.3 is 15.2 Å². The molecule has 19 heavy (non-hydrogen) atoms. The van der Waals surface area contributed by atoms with Gasteiger partial charge in [0.25, 0.3) is 0 Å². The highest BCUT2D eigenvalue weighted by Crippen LogP contribution is 2.22. The molecule has 0 saturated carbocycles. The Hall–Kier alpha value is -1.52. The number of halogens is 1. The summed E-state index contributed by atoms with van der Waals surface area (Å²) in [6.45, 7) is 1.03. The van der Waals surface area contributed by atoms with Crippen molar-refractivity contribution in [2.24, 2.45) is 0 Å². The minimum absolute atomic E-state index is 0.473. The lowest BCUT2D eigenvalue weighted by molar-refractivity contribution is 0.105. The Labute approximate surface area is 121 Å². The molecule has 2 aromatic rings. The van der Waals surface area contributed by atoms with Gasteiger partial charge in [0.05, 0.1) is 20.3 Å². The second kappa shape index (κ2) is 6.59. The smallest absolute Gasteiger partial charge is 0.124 e. The zero-order valence-electron chi connectivity index (χ0n) is 10.7. The van der Waals surface area contributed by atoms with Crippen molar-refractivity contribution in [2.75, 3.05) is 12.8 Å². The standard InChI is InChI=1S/C15H16BrNO2/c1-18-15-6-5-14(17)8-12(15)10-19-9-11-3-2-4-13(16)7-11/h2-8H,9-10,17H2,1H3. The fourth-order valence-corrected chi connectivity index (χ4v) is 2.26. The summed E-state index contributed by atoms with van der Waals surface area (Å²) < 4.78 is 12.0. The molecule has 0 saturated heterocycles. The molecule has 0 aromatic heterocycles. The third-order valence-corrected chi connectivity index (χ3v) is 3.21. The monoisotopic (exact) mass is 321 g/mol. The predicted octanol–water partition coefficient (Wildman–Crippen LogP) is 3.76. The van der Waals surface area contributed by atoms with E-state index in [9.17, 15) is 0 Å². The molecule has 3 nitrogen and oxygen atoms in total. The lowest BCUT2D eigenvalue weighted by Gasteiger charge is -2.10. The van der Waals surface area contributed by atoms with E-state index in [4.69, 9.17) is 15.2 Å². The second-order valence-corrected chi connectivity index (χ2v) is 5.11. The summed E-state index contributed by atoms with van der Waals surface area (Å²) >= 11 is 3.44. The van der Waals surface area contributed by atoms with Crippen LogP contribution in [0.4, 0.5) is 5.69 Å². The van der Waals surface area contributed by atoms with Gasteiger partial charge in [-0.25, -0.2) is 0 Å². The van der Waals surface area contributed by atoms with Gasteiger partial charge in [0.1, 0.15) is 5.75 Å². The van der Waals surface area contributed by atoms with E-state index < -0.39 is 0 Å². The predicted molar refractivity (Wildman–Crippen MR) is 80.0 cm³/mol. The fraction of sp³-hybridized carbons (Fsp3) is 0.200. The fourth-order valence-electron chi connectivity index (χ4n) is 1.82. The van der Waals surface area contributed by atoms with E-state index in [0.717, 1.165) is 21.3 Å². The average Bonchev–Trinajstić information content (AvgIpc) is 2.39. The number of methoxy groups -OCH3 is 1. The van der Waals surface area contributed by atoms with Gasteiger partial charge in [0.15, 0.2) is 0 Å². The zero-order chi connectivity index (χ0) is 13.7. The SMILES string of the molecule is COc1ccc(N)cc1COCc1cccc(Br)c1. The van der Waals surface area contributed by atoms with Crippen molar-refractivity contribution in [2.45, 2.75) is 13.2 Å². The normalized spacial score (nSPS) is 10.4. The van der Waals surface area contributed by atoms with E-state index in [-0.39, 0.29) is 0 Å². The maximum absolute atomic E-state index is 5.77. The van der Waals surface area contributed by atoms with E-state index in [1.165, 1.54) is 0 Å². The molecule has 0 heterocycles. The third-order valence-electron chi connectivity index (χ3n) is 2.72. The molecule has 0 aliphatic carbocycles. The molecule has 0 bridgehead atoms. The Morgan fingerprint density at radius 2 is 1.95 bits per heavy atom. The summed E-state index contributed by atoms with van der Waals surface area (Å²) in [7, 11) is 1.64. The number of hydrogen-bond acceptors (Lipinski definition) is 3. The molecule has 0 unspecified atom stereocenters. The molecular weight excluding hydrogens is 306 g/mol. The van der Waals surface area contributed by atoms with Crippen LogP contribution in [0.25, 0.3) is 0 Å². The van der Waals surface area contributed by atoms with Crippen molar-refractivity contribution in [1.29, 1.82) is 0 Å². The average molecular weight is 322 g/mol. The molecule has 0 fully saturated rings. The number of anilines is 1. The van der Waals surface area contributed by atoms with Crippen molar-refractivity contribution in [1.82, 2.24) is 0 Å². The number of nitrogens with two attached hydrogens (primary N) is 1. The Bertz CT molecular complexity index is 558. The number of nitrogen functional groups attached to an aromatic ring is 1. The molecule has 2 rings (SSSR count). The van der Waals surface area contributed by atoms with E-state index in [1.54, 1.807) is 7.11 Å². The van der Waals surface area contributed by atoms with Crippen LogP contribution in [0.2, 0.25) is 0 Å². The summed E-state index contributed by atoms with van der Waals surface area (Å²) in [6.07, 6.45) is 0. The molecule has 2 aromatic carbocycles. The van der Waals surface area contributed by atoms with Crippen LogP contribution in [0.3, 0.4) is 0 Å². The number of rotatable bonds is 5. The Morgan fingerprint density at radius 3 is 2.68 bits per heavy atom. The minimum atomic E-state index is 0.473. The lowest BCUT2D eigenvalue weighted by Crippen LogP contribution is -1.98. The molecule has 0 spiro atoms. The molecule has 0 amide bonds. The molecule has 0 atom stereocenters. The van der Waals surface area contributed by atoms with Gasteiger partial charge in [-0.1, -0.05) is 28.1 Å². The van der Waals surface area contributed by atoms with Crippen molar-refractivity contribution in [3.8, 4) is 5.75 Å². The first kappa shape index (κ1) is 13.9. The first-order valence-corrected chi connectivity index (χ1v) is 6.73. The van der Waals surface area contributed by atoms with Crippen LogP contribution in [-0.4, -0.2) is 7.11 Å². The molecular formula is C15H16BrNO2. The Balaban J connectivity index is 1.97. The van der Waals surface area contributed by atoms with Gasteiger partial charge in [0.2, 0.25) is 0 Å². The van der Waals surface area contributed by atoms with E-state index >= 15 is 0 Å². The van der Waals surface area contributed by atoms with Gasteiger partial charge >= 0.3 is 0 Å². The maximum atomic E-state index is 5.77. The maximum Gasteiger partial charge on any atom is 0.124 e. The van der Waals surface area contributed by atoms with Crippen LogP contribution in [-0.2, 0) is 18.0 Å². The molecule has 2 N–H and O–H groups in total. The highest BCUT2D eigenvalue weighted by molar-refractivity contribution is 9.10. The van der Waals surface area contributed by atoms with Crippen molar-refractivity contribution < 1.29 is 9.47 Å². The van der Waals surface area contributed by atoms with Gasteiger partial charge in [-0.2, -0.15) is 0 Å². The quantitative estimate of drug-likeness (QED) is 0.853. The molecule has 0 aliphatic rings. The summed E-state index contributed by atoms with van der Waals surface area (Å²) in [6, 6.07) is 13.6. The highest BCUT2D eigenvalue weighted by Gasteiger charge is 2.04. The van der Waals surface area contributed by atoms with Crippen molar-refractivity contribution >= 4 is 21.6 Å². The third kappa shape index (κ3) is 3.98. The summed E-state index contributed by atoms with van der Waals surface area (Å²) in [4.78, 5) is 0. The lowest BCUT2D eigenvalue weighted by atomic mass is 10.2. The van der Waals surface area contributed by atoms with Crippen LogP contribution in [0.5, 0.6) is 5.75 Å². The first-order valence-electron chi connectivity index (χ1n) is 5.93. The first-order chi connectivity index (χ1) is 9.19. The molecule has 0 aliphatic heterocycles. The number of hydrogen-bond donors (Lipinski definition) is 1. The van der Waals surface area contributed by atoms with Gasteiger partial charge in [-0.15, -0.1) is 0 Å². The highest BCUT2D eigenvalue weighted by atomic mass is 79.9. The van der Waals surface area contributed by atoms with Crippen LogP contribution in [0.1, 0.15) is 11.1 Å². The van der Waals surface area contributed by atoms with Crippen LogP contribution >= 0.6 is 15.9 Å². The number of ether oxygens (including phenoxy) is 2. The van der Waals surface area contributed by atoms with E-state index in [1.807, 2.05) is 42.5 Å². The number of benzene rings is 2. The largest absolute Gasteiger partial charge is 0.496 e. The zero-order valence-corrected chi connectivity index (χ0v) is 12.3. The molecule has 0 radical (unpaired) electrons. The van der Waals surface area contributed by atoms with Crippen LogP contribution in [0, 0.1) is 0 Å². The van der Waals surface area contributed by atoms with Crippen molar-refractivity contribution in [3.05, 3.63) is 58.1 Å². The topological polar surface area (TPSA) is 44.5 Å². The van der Waals surface area contributed by atoms with E-state index in [0.29, 0.717) is 18.9 Å². The Kier molecular flexibility index (Phi) is 4.82. The van der Waals surface area contributed by atoms with Crippen molar-refractivity contribution in [3.63, 3.8) is 0 Å². The van der Waals surface area contributed by atoms with E-state index in [2.05, 4.69) is 15.9 Å². The summed E-state index contributed by atoms with van der Waals surface area (Å²) in [5.41, 5.74) is 8.56. The van der Waals surface area contributed by atoms with Gasteiger partial charge in [0, 0.05) is 15.7 Å². The second-order valence-electron chi connectivity index (χ2n) is 4.19. The molecule has 100 valence electrons. The Morgan fingerprint density at radius 1 is 1.11 bits per heavy atom. The minimum Gasteiger partial charge on any atom is -0.496 e. The van der Waals surface area contributed by atoms with Crippen LogP contribution in [0.15, 0.2) is 46.9 Å². The van der Waals surface area contributed by atoms with Gasteiger partial charge in [-0.3, -0.25) is 0 Å². The molecule has 4 heteroatoms. The van der Waals surface area contributed by atoms with Gasteiger partial charge in [-0.05, 0) is 35.9 Å². The summed E-state index contributed by atoms with van der Waals surface area (Å²) in [5, 5.41) is 0. The van der Waals surface area contributed by atoms with Crippen LogP contribution < -0.4 is 10.5 Å². The summed E-state index contributed by atoms with van der Waals surface area (Å²) in [5.74, 6) is 0.795.